The standard InChI is InChI=1S/C15H12ClN3O/c16-12-1-2-13-14(9-12)18-10-19(15(13)20)8-5-11-3-6-17-7-4-11/h1-4,6-7,9-10H,5,8H2. The van der Waals surface area contributed by atoms with Crippen LogP contribution in [-0.4, -0.2) is 14.5 Å². The number of rotatable bonds is 3. The average molecular weight is 286 g/mol. The van der Waals surface area contributed by atoms with Gasteiger partial charge in [0.2, 0.25) is 0 Å². The van der Waals surface area contributed by atoms with Crippen LogP contribution in [0.2, 0.25) is 5.02 Å². The van der Waals surface area contributed by atoms with Gasteiger partial charge in [-0.1, -0.05) is 11.6 Å². The topological polar surface area (TPSA) is 47.8 Å². The Morgan fingerprint density at radius 2 is 1.95 bits per heavy atom. The number of nitrogens with zero attached hydrogens (tertiary/aromatic N) is 3. The van der Waals surface area contributed by atoms with E-state index in [2.05, 4.69) is 9.97 Å². The van der Waals surface area contributed by atoms with Crippen molar-refractivity contribution in [3.63, 3.8) is 0 Å². The molecule has 2 heterocycles. The van der Waals surface area contributed by atoms with Gasteiger partial charge in [0, 0.05) is 24.0 Å². The number of fused-ring (bicyclic) bond motifs is 1. The molecule has 0 atom stereocenters. The van der Waals surface area contributed by atoms with E-state index in [1.165, 1.54) is 0 Å². The molecule has 5 heteroatoms. The van der Waals surface area contributed by atoms with E-state index in [4.69, 9.17) is 11.6 Å². The zero-order chi connectivity index (χ0) is 13.9. The first-order valence-electron chi connectivity index (χ1n) is 6.27. The van der Waals surface area contributed by atoms with Crippen LogP contribution in [0.15, 0.2) is 53.8 Å². The quantitative estimate of drug-likeness (QED) is 0.743. The number of aryl methyl sites for hydroxylation is 2. The van der Waals surface area contributed by atoms with Crippen molar-refractivity contribution in [1.82, 2.24) is 14.5 Å². The van der Waals surface area contributed by atoms with Crippen LogP contribution in [0.1, 0.15) is 5.56 Å². The lowest BCUT2D eigenvalue weighted by molar-refractivity contribution is 0.662. The molecular weight excluding hydrogens is 274 g/mol. The summed E-state index contributed by atoms with van der Waals surface area (Å²) < 4.78 is 1.62. The molecule has 3 rings (SSSR count). The SMILES string of the molecule is O=c1c2ccc(Cl)cc2ncn1CCc1ccncc1. The second-order valence-electron chi connectivity index (χ2n) is 4.51. The summed E-state index contributed by atoms with van der Waals surface area (Å²) in [6.45, 7) is 0.592. The van der Waals surface area contributed by atoms with Gasteiger partial charge < -0.3 is 0 Å². The molecule has 2 aromatic heterocycles. The number of aromatic nitrogens is 3. The molecule has 0 bridgehead atoms. The molecule has 0 spiro atoms. The number of pyridine rings is 1. The summed E-state index contributed by atoms with van der Waals surface area (Å²) in [6.07, 6.45) is 5.84. The van der Waals surface area contributed by atoms with Gasteiger partial charge in [-0.3, -0.25) is 14.3 Å². The molecule has 0 aliphatic rings. The Hall–Kier alpha value is -2.20. The Morgan fingerprint density at radius 1 is 1.15 bits per heavy atom. The van der Waals surface area contributed by atoms with Crippen LogP contribution in [0.3, 0.4) is 0 Å². The fourth-order valence-corrected chi connectivity index (χ4v) is 2.26. The molecule has 0 fully saturated rings. The van der Waals surface area contributed by atoms with Crippen molar-refractivity contribution in [2.45, 2.75) is 13.0 Å². The number of hydrogen-bond acceptors (Lipinski definition) is 3. The number of benzene rings is 1. The smallest absolute Gasteiger partial charge is 0.261 e. The van der Waals surface area contributed by atoms with Gasteiger partial charge in [0.05, 0.1) is 17.2 Å². The van der Waals surface area contributed by atoms with Crippen LogP contribution in [0, 0.1) is 0 Å². The maximum Gasteiger partial charge on any atom is 0.261 e. The van der Waals surface area contributed by atoms with Crippen LogP contribution >= 0.6 is 11.6 Å². The Kier molecular flexibility index (Phi) is 3.48. The molecule has 100 valence electrons. The van der Waals surface area contributed by atoms with Crippen LogP contribution < -0.4 is 5.56 Å². The van der Waals surface area contributed by atoms with Crippen molar-refractivity contribution in [2.24, 2.45) is 0 Å². The van der Waals surface area contributed by atoms with Crippen molar-refractivity contribution >= 4 is 22.5 Å². The third kappa shape index (κ3) is 2.56. The van der Waals surface area contributed by atoms with E-state index in [-0.39, 0.29) is 5.56 Å². The molecule has 0 unspecified atom stereocenters. The highest BCUT2D eigenvalue weighted by atomic mass is 35.5. The monoisotopic (exact) mass is 285 g/mol. The van der Waals surface area contributed by atoms with Crippen molar-refractivity contribution in [3.8, 4) is 0 Å². The Labute approximate surface area is 120 Å². The molecule has 0 aliphatic carbocycles. The molecule has 0 saturated carbocycles. The van der Waals surface area contributed by atoms with Gasteiger partial charge >= 0.3 is 0 Å². The predicted molar refractivity (Wildman–Crippen MR) is 79.0 cm³/mol. The molecular formula is C15H12ClN3O. The summed E-state index contributed by atoms with van der Waals surface area (Å²) in [5, 5.41) is 1.17. The second-order valence-corrected chi connectivity index (χ2v) is 4.95. The van der Waals surface area contributed by atoms with Crippen molar-refractivity contribution < 1.29 is 0 Å². The Morgan fingerprint density at radius 3 is 2.75 bits per heavy atom. The lowest BCUT2D eigenvalue weighted by Gasteiger charge is -2.06. The van der Waals surface area contributed by atoms with E-state index in [0.29, 0.717) is 22.5 Å². The number of halogens is 1. The second kappa shape index (κ2) is 5.43. The minimum absolute atomic E-state index is 0.0410. The van der Waals surface area contributed by atoms with Gasteiger partial charge in [0.25, 0.3) is 5.56 Å². The molecule has 4 nitrogen and oxygen atoms in total. The highest BCUT2D eigenvalue weighted by Gasteiger charge is 2.04. The van der Waals surface area contributed by atoms with Crippen molar-refractivity contribution in [1.29, 1.82) is 0 Å². The van der Waals surface area contributed by atoms with Gasteiger partial charge in [-0.25, -0.2) is 4.98 Å². The van der Waals surface area contributed by atoms with Gasteiger partial charge in [-0.15, -0.1) is 0 Å². The average Bonchev–Trinajstić information content (AvgIpc) is 2.47. The number of hydrogen-bond donors (Lipinski definition) is 0. The minimum atomic E-state index is -0.0410. The van der Waals surface area contributed by atoms with Gasteiger partial charge in [0.15, 0.2) is 0 Å². The molecule has 0 N–H and O–H groups in total. The van der Waals surface area contributed by atoms with Crippen LogP contribution in [0.4, 0.5) is 0 Å². The van der Waals surface area contributed by atoms with Crippen molar-refractivity contribution in [3.05, 3.63) is 70.0 Å². The fourth-order valence-electron chi connectivity index (χ4n) is 2.09. The predicted octanol–water partition coefficient (Wildman–Crippen LogP) is 2.69. The van der Waals surface area contributed by atoms with E-state index < -0.39 is 0 Å². The third-order valence-corrected chi connectivity index (χ3v) is 3.41. The van der Waals surface area contributed by atoms with E-state index in [1.54, 1.807) is 41.5 Å². The zero-order valence-electron chi connectivity index (χ0n) is 10.7. The Bertz CT molecular complexity index is 799. The summed E-state index contributed by atoms with van der Waals surface area (Å²) >= 11 is 5.90. The first-order valence-corrected chi connectivity index (χ1v) is 6.65. The highest BCUT2D eigenvalue weighted by molar-refractivity contribution is 6.31. The minimum Gasteiger partial charge on any atom is -0.298 e. The summed E-state index contributed by atoms with van der Waals surface area (Å²) in [6, 6.07) is 9.01. The van der Waals surface area contributed by atoms with Crippen LogP contribution in [0.25, 0.3) is 10.9 Å². The van der Waals surface area contributed by atoms with E-state index in [0.717, 1.165) is 12.0 Å². The van der Waals surface area contributed by atoms with Crippen LogP contribution in [-0.2, 0) is 13.0 Å². The molecule has 3 aromatic rings. The first kappa shape index (κ1) is 12.8. The van der Waals surface area contributed by atoms with Crippen molar-refractivity contribution in [2.75, 3.05) is 0 Å². The highest BCUT2D eigenvalue weighted by Crippen LogP contribution is 2.14. The molecule has 0 aliphatic heterocycles. The van der Waals surface area contributed by atoms with E-state index in [9.17, 15) is 4.79 Å². The van der Waals surface area contributed by atoms with Crippen LogP contribution in [0.5, 0.6) is 0 Å². The van der Waals surface area contributed by atoms with Gasteiger partial charge in [-0.2, -0.15) is 0 Å². The summed E-state index contributed by atoms with van der Waals surface area (Å²) in [5.74, 6) is 0. The largest absolute Gasteiger partial charge is 0.298 e. The lowest BCUT2D eigenvalue weighted by Crippen LogP contribution is -2.21. The molecule has 0 saturated heterocycles. The normalized spacial score (nSPS) is 10.8. The maximum atomic E-state index is 12.3. The molecule has 0 amide bonds. The first-order chi connectivity index (χ1) is 9.74. The van der Waals surface area contributed by atoms with E-state index >= 15 is 0 Å². The molecule has 20 heavy (non-hydrogen) atoms. The maximum absolute atomic E-state index is 12.3. The van der Waals surface area contributed by atoms with E-state index in [1.807, 2.05) is 12.1 Å². The molecule has 1 aromatic carbocycles. The van der Waals surface area contributed by atoms with Gasteiger partial charge in [-0.05, 0) is 42.3 Å². The lowest BCUT2D eigenvalue weighted by atomic mass is 10.2. The van der Waals surface area contributed by atoms with Gasteiger partial charge in [0.1, 0.15) is 0 Å². The summed E-state index contributed by atoms with van der Waals surface area (Å²) in [7, 11) is 0. The third-order valence-electron chi connectivity index (χ3n) is 3.18. The summed E-state index contributed by atoms with van der Waals surface area (Å²) in [5.41, 5.74) is 1.73. The zero-order valence-corrected chi connectivity index (χ0v) is 11.4. The fraction of sp³-hybridized carbons (Fsp3) is 0.133. The molecule has 0 radical (unpaired) electrons. The Balaban J connectivity index is 1.91. The summed E-state index contributed by atoms with van der Waals surface area (Å²) in [4.78, 5) is 20.6.